The zero-order valence-corrected chi connectivity index (χ0v) is 18.1. The molecule has 7 heteroatoms. The lowest BCUT2D eigenvalue weighted by Crippen LogP contribution is -2.42. The fourth-order valence-corrected chi connectivity index (χ4v) is 4.20. The van der Waals surface area contributed by atoms with Crippen molar-refractivity contribution in [1.29, 1.82) is 0 Å². The van der Waals surface area contributed by atoms with E-state index in [0.29, 0.717) is 29.8 Å². The van der Waals surface area contributed by atoms with E-state index in [0.717, 1.165) is 28.0 Å². The van der Waals surface area contributed by atoms with Crippen LogP contribution < -0.4 is 11.1 Å². The van der Waals surface area contributed by atoms with Gasteiger partial charge >= 0.3 is 0 Å². The summed E-state index contributed by atoms with van der Waals surface area (Å²) in [6.45, 7) is 0.331. The van der Waals surface area contributed by atoms with E-state index in [1.807, 2.05) is 55.6 Å². The first-order valence-corrected chi connectivity index (χ1v) is 10.5. The van der Waals surface area contributed by atoms with Gasteiger partial charge in [0.05, 0.1) is 18.2 Å². The third-order valence-electron chi connectivity index (χ3n) is 5.37. The van der Waals surface area contributed by atoms with E-state index in [1.54, 1.807) is 23.4 Å². The van der Waals surface area contributed by atoms with Crippen molar-refractivity contribution in [2.24, 2.45) is 12.8 Å². The monoisotopic (exact) mass is 432 g/mol. The summed E-state index contributed by atoms with van der Waals surface area (Å²) in [5.74, 6) is -0.204. The summed E-state index contributed by atoms with van der Waals surface area (Å²) in [6.07, 6.45) is 8.04. The molecule has 0 spiro atoms. The Balaban J connectivity index is 1.69. The van der Waals surface area contributed by atoms with Gasteiger partial charge in [-0.2, -0.15) is 5.10 Å². The minimum Gasteiger partial charge on any atom is -0.472 e. The quantitative estimate of drug-likeness (QED) is 0.560. The van der Waals surface area contributed by atoms with Crippen LogP contribution in [0.4, 0.5) is 0 Å². The molecule has 3 N–H and O–H groups in total. The van der Waals surface area contributed by atoms with E-state index >= 15 is 0 Å². The van der Waals surface area contributed by atoms with Crippen LogP contribution in [0.2, 0.25) is 0 Å². The maximum absolute atomic E-state index is 13.4. The normalized spacial score (nSPS) is 15.0. The first-order chi connectivity index (χ1) is 15.1. The third-order valence-corrected chi connectivity index (χ3v) is 5.72. The molecule has 3 aromatic rings. The standard InChI is InChI=1S/C24H24N4O2S/c1-28-21(7-9-26-28)18-12-20(23(22(31)13-18)17-8-10-30-15-17)24(29)27-19(14-25)11-16-5-3-2-4-6-16/h2-10,12,15,19H,11,13-14,25H2,1H3,(H,27,29). The highest BCUT2D eigenvalue weighted by molar-refractivity contribution is 7.81. The number of thiocarbonyl (C=S) groups is 1. The van der Waals surface area contributed by atoms with Crippen molar-refractivity contribution in [2.75, 3.05) is 6.54 Å². The molecule has 31 heavy (non-hydrogen) atoms. The van der Waals surface area contributed by atoms with Crippen LogP contribution in [0.3, 0.4) is 0 Å². The van der Waals surface area contributed by atoms with Crippen molar-refractivity contribution in [2.45, 2.75) is 18.9 Å². The smallest absolute Gasteiger partial charge is 0.252 e. The number of benzene rings is 1. The van der Waals surface area contributed by atoms with Crippen molar-refractivity contribution in [3.8, 4) is 0 Å². The minimum atomic E-state index is -0.204. The number of nitrogens with two attached hydrogens (primary N) is 1. The Morgan fingerprint density at radius 1 is 1.29 bits per heavy atom. The van der Waals surface area contributed by atoms with Gasteiger partial charge in [0.1, 0.15) is 0 Å². The minimum absolute atomic E-state index is 0.197. The van der Waals surface area contributed by atoms with Gasteiger partial charge in [0.15, 0.2) is 0 Å². The summed E-state index contributed by atoms with van der Waals surface area (Å²) >= 11 is 5.74. The molecule has 0 radical (unpaired) electrons. The Kier molecular flexibility index (Phi) is 6.25. The second kappa shape index (κ2) is 9.24. The molecule has 1 aliphatic carbocycles. The van der Waals surface area contributed by atoms with Crippen molar-refractivity contribution in [1.82, 2.24) is 15.1 Å². The fourth-order valence-electron chi connectivity index (χ4n) is 3.82. The first kappa shape index (κ1) is 21.0. The number of hydrogen-bond donors (Lipinski definition) is 2. The molecule has 0 bridgehead atoms. The van der Waals surface area contributed by atoms with E-state index < -0.39 is 0 Å². The molecule has 2 aromatic heterocycles. The number of rotatable bonds is 7. The van der Waals surface area contributed by atoms with Gasteiger partial charge in [-0.1, -0.05) is 42.5 Å². The highest BCUT2D eigenvalue weighted by Crippen LogP contribution is 2.34. The van der Waals surface area contributed by atoms with Gasteiger partial charge in [-0.25, -0.2) is 0 Å². The molecule has 1 amide bonds. The van der Waals surface area contributed by atoms with Gasteiger partial charge < -0.3 is 15.5 Å². The molecule has 0 aliphatic heterocycles. The van der Waals surface area contributed by atoms with Gasteiger partial charge in [-0.15, -0.1) is 0 Å². The molecule has 6 nitrogen and oxygen atoms in total. The Bertz CT molecular complexity index is 1140. The molecule has 0 fully saturated rings. The maximum atomic E-state index is 13.4. The number of furan rings is 1. The molecule has 2 heterocycles. The molecule has 1 aromatic carbocycles. The van der Waals surface area contributed by atoms with Crippen LogP contribution in [0.25, 0.3) is 11.1 Å². The summed E-state index contributed by atoms with van der Waals surface area (Å²) in [6, 6.07) is 13.5. The number of allylic oxidation sites excluding steroid dienone is 2. The first-order valence-electron chi connectivity index (χ1n) is 10.1. The predicted molar refractivity (Wildman–Crippen MR) is 125 cm³/mol. The van der Waals surface area contributed by atoms with Gasteiger partial charge in [0.2, 0.25) is 0 Å². The highest BCUT2D eigenvalue weighted by Gasteiger charge is 2.27. The second-order valence-corrected chi connectivity index (χ2v) is 8.00. The number of aryl methyl sites for hydroxylation is 1. The molecule has 158 valence electrons. The number of carbonyl (C=O) groups excluding carboxylic acids is 1. The van der Waals surface area contributed by atoms with Crippen LogP contribution in [-0.2, 0) is 18.3 Å². The highest BCUT2D eigenvalue weighted by atomic mass is 32.1. The van der Waals surface area contributed by atoms with Crippen molar-refractivity contribution < 1.29 is 9.21 Å². The number of nitrogens with zero attached hydrogens (tertiary/aromatic N) is 2. The molecule has 0 saturated heterocycles. The van der Waals surface area contributed by atoms with Crippen LogP contribution in [0.5, 0.6) is 0 Å². The predicted octanol–water partition coefficient (Wildman–Crippen LogP) is 3.31. The van der Waals surface area contributed by atoms with Crippen LogP contribution >= 0.6 is 12.2 Å². The summed E-state index contributed by atoms with van der Waals surface area (Å²) in [5, 5.41) is 7.35. The SMILES string of the molecule is Cn1nccc1C1=CC(C(=O)NC(CN)Cc2ccccc2)=C(c2ccoc2)C(=S)C1. The van der Waals surface area contributed by atoms with Gasteiger partial charge in [0.25, 0.3) is 5.91 Å². The van der Waals surface area contributed by atoms with Gasteiger partial charge in [-0.05, 0) is 35.8 Å². The number of aromatic nitrogens is 2. The maximum Gasteiger partial charge on any atom is 0.252 e. The summed E-state index contributed by atoms with van der Waals surface area (Å²) in [4.78, 5) is 14.1. The van der Waals surface area contributed by atoms with Crippen molar-refractivity contribution in [3.63, 3.8) is 0 Å². The molecule has 4 rings (SSSR count). The van der Waals surface area contributed by atoms with Crippen LogP contribution in [-0.4, -0.2) is 33.1 Å². The van der Waals surface area contributed by atoms with Gasteiger partial charge in [-0.3, -0.25) is 9.48 Å². The Hall–Kier alpha value is -3.29. The number of hydrogen-bond acceptors (Lipinski definition) is 5. The third kappa shape index (κ3) is 4.57. The van der Waals surface area contributed by atoms with Crippen molar-refractivity contribution in [3.05, 3.63) is 89.7 Å². The van der Waals surface area contributed by atoms with E-state index in [4.69, 9.17) is 22.4 Å². The molecular weight excluding hydrogens is 408 g/mol. The van der Waals surface area contributed by atoms with E-state index in [1.165, 1.54) is 0 Å². The molecular formula is C24H24N4O2S. The largest absolute Gasteiger partial charge is 0.472 e. The van der Waals surface area contributed by atoms with Crippen LogP contribution in [0.15, 0.2) is 77.3 Å². The number of carbonyl (C=O) groups is 1. The van der Waals surface area contributed by atoms with Crippen molar-refractivity contribution >= 4 is 34.1 Å². The summed E-state index contributed by atoms with van der Waals surface area (Å²) in [7, 11) is 1.87. The van der Waals surface area contributed by atoms with Gasteiger partial charge in [0, 0.05) is 53.8 Å². The van der Waals surface area contributed by atoms with E-state index in [2.05, 4.69) is 10.4 Å². The second-order valence-electron chi connectivity index (χ2n) is 7.51. The van der Waals surface area contributed by atoms with Crippen LogP contribution in [0.1, 0.15) is 23.2 Å². The topological polar surface area (TPSA) is 86.1 Å². The molecule has 0 saturated carbocycles. The summed E-state index contributed by atoms with van der Waals surface area (Å²) < 4.78 is 7.05. The molecule has 1 atom stereocenters. The van der Waals surface area contributed by atoms with Crippen LogP contribution in [0, 0.1) is 0 Å². The average molecular weight is 433 g/mol. The Morgan fingerprint density at radius 2 is 2.10 bits per heavy atom. The van der Waals surface area contributed by atoms with E-state index in [9.17, 15) is 4.79 Å². The number of amides is 1. The zero-order valence-electron chi connectivity index (χ0n) is 17.2. The Labute approximate surface area is 186 Å². The lowest BCUT2D eigenvalue weighted by atomic mass is 9.87. The summed E-state index contributed by atoms with van der Waals surface area (Å²) in [5.41, 5.74) is 11.0. The Morgan fingerprint density at radius 3 is 2.74 bits per heavy atom. The molecule has 1 unspecified atom stereocenters. The lowest BCUT2D eigenvalue weighted by Gasteiger charge is -2.23. The van der Waals surface area contributed by atoms with E-state index in [-0.39, 0.29) is 11.9 Å². The molecule has 1 aliphatic rings. The lowest BCUT2D eigenvalue weighted by molar-refractivity contribution is -0.117. The zero-order chi connectivity index (χ0) is 21.8. The fraction of sp³-hybridized carbons (Fsp3) is 0.208. The number of nitrogens with one attached hydrogen (secondary N) is 1. The average Bonchev–Trinajstić information content (AvgIpc) is 3.45.